The molecule has 0 aliphatic carbocycles. The summed E-state index contributed by atoms with van der Waals surface area (Å²) >= 11 is 0. The predicted molar refractivity (Wildman–Crippen MR) is 75.8 cm³/mol. The zero-order chi connectivity index (χ0) is 15.2. The number of nitrogens with two attached hydrogens (primary N) is 1. The predicted octanol–water partition coefficient (Wildman–Crippen LogP) is 1.14. The largest absolute Gasteiger partial charge is 0.371 e. The molecule has 0 aromatic heterocycles. The molecule has 0 saturated carbocycles. The van der Waals surface area contributed by atoms with Crippen molar-refractivity contribution in [1.29, 1.82) is 0 Å². The Kier molecular flexibility index (Phi) is 7.53. The fraction of sp³-hybridized carbons (Fsp3) is 0.364. The number of alkyl halides is 2. The van der Waals surface area contributed by atoms with Crippen LogP contribution in [0.15, 0.2) is 24.3 Å². The van der Waals surface area contributed by atoms with Crippen LogP contribution in [0.4, 0.5) is 20.2 Å². The average molecular weight is 325 g/mol. The summed E-state index contributed by atoms with van der Waals surface area (Å²) in [5.74, 6) is -3.88. The summed E-state index contributed by atoms with van der Waals surface area (Å²) in [5.41, 5.74) is 4.75. The number of carbonyl (C=O) groups is 1. The van der Waals surface area contributed by atoms with Gasteiger partial charge in [0.15, 0.2) is 0 Å². The van der Waals surface area contributed by atoms with Gasteiger partial charge in [-0.2, -0.15) is 0 Å². The van der Waals surface area contributed by atoms with Crippen LogP contribution in [0.25, 0.3) is 0 Å². The Hall–Kier alpha value is -2.00. The van der Waals surface area contributed by atoms with Gasteiger partial charge in [0.1, 0.15) is 5.69 Å². The summed E-state index contributed by atoms with van der Waals surface area (Å²) in [4.78, 5) is 21.4. The van der Waals surface area contributed by atoms with Crippen molar-refractivity contribution in [2.45, 2.75) is 5.92 Å². The highest BCUT2D eigenvalue weighted by Crippen LogP contribution is 2.22. The van der Waals surface area contributed by atoms with Gasteiger partial charge in [0.25, 0.3) is 11.6 Å². The Bertz CT molecular complexity index is 502. The number of nitro benzene ring substituents is 1. The van der Waals surface area contributed by atoms with E-state index >= 15 is 0 Å². The number of para-hydroxylation sites is 2. The van der Waals surface area contributed by atoms with Gasteiger partial charge in [0, 0.05) is 6.07 Å². The Morgan fingerprint density at radius 3 is 2.57 bits per heavy atom. The number of halogens is 3. The molecule has 0 aliphatic heterocycles. The fourth-order valence-corrected chi connectivity index (χ4v) is 1.32. The number of rotatable bonds is 7. The number of amides is 1. The van der Waals surface area contributed by atoms with Crippen LogP contribution in [0.1, 0.15) is 0 Å². The van der Waals surface area contributed by atoms with Crippen LogP contribution in [0.5, 0.6) is 0 Å². The molecule has 10 heteroatoms. The van der Waals surface area contributed by atoms with E-state index in [0.717, 1.165) is 0 Å². The molecule has 1 rings (SSSR count). The molecule has 0 fully saturated rings. The molecule has 118 valence electrons. The molecule has 0 atom stereocenters. The van der Waals surface area contributed by atoms with E-state index in [4.69, 9.17) is 5.73 Å². The van der Waals surface area contributed by atoms with Crippen LogP contribution < -0.4 is 16.4 Å². The standard InChI is InChI=1S/C11H14F2N4O3.ClH/c12-11(13,6-14)7-16-10(18)5-15-8-3-1-2-4-9(8)17(19)20;/h1-4,15H,5-7,14H2,(H,16,18);1H. The number of hydrogen-bond acceptors (Lipinski definition) is 5. The maximum absolute atomic E-state index is 12.8. The molecule has 0 heterocycles. The van der Waals surface area contributed by atoms with Crippen LogP contribution in [0.2, 0.25) is 0 Å². The van der Waals surface area contributed by atoms with Crippen molar-refractivity contribution in [3.63, 3.8) is 0 Å². The Balaban J connectivity index is 0.00000400. The van der Waals surface area contributed by atoms with Gasteiger partial charge in [-0.25, -0.2) is 8.78 Å². The molecule has 1 aromatic carbocycles. The molecule has 0 aliphatic rings. The van der Waals surface area contributed by atoms with E-state index in [1.807, 2.05) is 5.32 Å². The number of nitro groups is 1. The second-order valence-corrected chi connectivity index (χ2v) is 3.96. The lowest BCUT2D eigenvalue weighted by Gasteiger charge is -2.14. The van der Waals surface area contributed by atoms with E-state index in [0.29, 0.717) is 0 Å². The van der Waals surface area contributed by atoms with Gasteiger partial charge >= 0.3 is 0 Å². The smallest absolute Gasteiger partial charge is 0.292 e. The topological polar surface area (TPSA) is 110 Å². The molecular formula is C11H15ClF2N4O3. The van der Waals surface area contributed by atoms with Gasteiger partial charge < -0.3 is 16.4 Å². The number of nitrogens with zero attached hydrogens (tertiary/aromatic N) is 1. The minimum atomic E-state index is -3.17. The Labute approximate surface area is 125 Å². The summed E-state index contributed by atoms with van der Waals surface area (Å²) in [5, 5.41) is 15.2. The lowest BCUT2D eigenvalue weighted by molar-refractivity contribution is -0.383. The number of carbonyl (C=O) groups excluding carboxylic acids is 1. The lowest BCUT2D eigenvalue weighted by atomic mass is 10.2. The SMILES string of the molecule is Cl.NCC(F)(F)CNC(=O)CNc1ccccc1[N+](=O)[O-]. The third kappa shape index (κ3) is 6.32. The highest BCUT2D eigenvalue weighted by atomic mass is 35.5. The van der Waals surface area contributed by atoms with E-state index in [2.05, 4.69) is 5.32 Å². The molecule has 0 unspecified atom stereocenters. The van der Waals surface area contributed by atoms with Gasteiger partial charge in [0.2, 0.25) is 5.91 Å². The summed E-state index contributed by atoms with van der Waals surface area (Å²) in [6.07, 6.45) is 0. The van der Waals surface area contributed by atoms with Crippen molar-refractivity contribution in [2.75, 3.05) is 25.0 Å². The van der Waals surface area contributed by atoms with Gasteiger partial charge in [-0.05, 0) is 6.07 Å². The van der Waals surface area contributed by atoms with E-state index in [-0.39, 0.29) is 30.3 Å². The minimum Gasteiger partial charge on any atom is -0.371 e. The number of hydrogen-bond donors (Lipinski definition) is 3. The molecule has 0 bridgehead atoms. The molecule has 1 aromatic rings. The van der Waals surface area contributed by atoms with E-state index in [9.17, 15) is 23.7 Å². The lowest BCUT2D eigenvalue weighted by Crippen LogP contribution is -2.43. The van der Waals surface area contributed by atoms with Gasteiger partial charge in [-0.3, -0.25) is 14.9 Å². The van der Waals surface area contributed by atoms with Crippen LogP contribution in [-0.2, 0) is 4.79 Å². The number of anilines is 1. The van der Waals surface area contributed by atoms with E-state index in [1.54, 1.807) is 6.07 Å². The first kappa shape index (κ1) is 19.0. The van der Waals surface area contributed by atoms with Crippen molar-refractivity contribution in [2.24, 2.45) is 5.73 Å². The van der Waals surface area contributed by atoms with Crippen molar-refractivity contribution < 1.29 is 18.5 Å². The molecule has 7 nitrogen and oxygen atoms in total. The number of nitrogens with one attached hydrogen (secondary N) is 2. The van der Waals surface area contributed by atoms with Crippen LogP contribution >= 0.6 is 12.4 Å². The molecule has 0 radical (unpaired) electrons. The van der Waals surface area contributed by atoms with Crippen LogP contribution in [-0.4, -0.2) is 36.4 Å². The Morgan fingerprint density at radius 2 is 2.00 bits per heavy atom. The normalized spacial score (nSPS) is 10.4. The van der Waals surface area contributed by atoms with Gasteiger partial charge in [0.05, 0.1) is 24.6 Å². The molecule has 21 heavy (non-hydrogen) atoms. The maximum Gasteiger partial charge on any atom is 0.292 e. The van der Waals surface area contributed by atoms with Gasteiger partial charge in [-0.15, -0.1) is 12.4 Å². The summed E-state index contributed by atoms with van der Waals surface area (Å²) in [6, 6.07) is 5.71. The average Bonchev–Trinajstić information content (AvgIpc) is 2.43. The van der Waals surface area contributed by atoms with E-state index < -0.39 is 29.8 Å². The first-order valence-electron chi connectivity index (χ1n) is 5.67. The summed E-state index contributed by atoms with van der Waals surface area (Å²) in [6.45, 7) is -2.10. The molecule has 0 spiro atoms. The second kappa shape index (κ2) is 8.32. The third-order valence-electron chi connectivity index (χ3n) is 2.38. The fourth-order valence-electron chi connectivity index (χ4n) is 1.32. The zero-order valence-corrected chi connectivity index (χ0v) is 11.7. The molecule has 4 N–H and O–H groups in total. The third-order valence-corrected chi connectivity index (χ3v) is 2.38. The quantitative estimate of drug-likeness (QED) is 0.514. The molecular weight excluding hydrogens is 310 g/mol. The van der Waals surface area contributed by atoms with E-state index in [1.165, 1.54) is 18.2 Å². The van der Waals surface area contributed by atoms with Crippen LogP contribution in [0, 0.1) is 10.1 Å². The van der Waals surface area contributed by atoms with Crippen molar-refractivity contribution in [3.8, 4) is 0 Å². The highest BCUT2D eigenvalue weighted by Gasteiger charge is 2.27. The Morgan fingerprint density at radius 1 is 1.38 bits per heavy atom. The van der Waals surface area contributed by atoms with Gasteiger partial charge in [-0.1, -0.05) is 12.1 Å². The first-order valence-corrected chi connectivity index (χ1v) is 5.67. The summed E-state index contributed by atoms with van der Waals surface area (Å²) in [7, 11) is 0. The zero-order valence-electron chi connectivity index (χ0n) is 10.8. The van der Waals surface area contributed by atoms with Crippen LogP contribution in [0.3, 0.4) is 0 Å². The number of benzene rings is 1. The first-order chi connectivity index (χ1) is 9.35. The van der Waals surface area contributed by atoms with Crippen molar-refractivity contribution >= 4 is 29.7 Å². The minimum absolute atomic E-state index is 0. The van der Waals surface area contributed by atoms with Crippen molar-refractivity contribution in [3.05, 3.63) is 34.4 Å². The monoisotopic (exact) mass is 324 g/mol. The maximum atomic E-state index is 12.8. The summed E-state index contributed by atoms with van der Waals surface area (Å²) < 4.78 is 25.6. The molecule has 1 amide bonds. The molecule has 0 saturated heterocycles. The highest BCUT2D eigenvalue weighted by molar-refractivity contribution is 5.85. The van der Waals surface area contributed by atoms with Crippen molar-refractivity contribution in [1.82, 2.24) is 5.32 Å². The second-order valence-electron chi connectivity index (χ2n) is 3.96.